The van der Waals surface area contributed by atoms with E-state index in [0.717, 1.165) is 24.0 Å². The minimum Gasteiger partial charge on any atom is -0.508 e. The molecule has 0 spiro atoms. The molecule has 2 fully saturated rings. The van der Waals surface area contributed by atoms with Crippen LogP contribution in [0.3, 0.4) is 0 Å². The second-order valence-corrected chi connectivity index (χ2v) is 7.36. The molecule has 5 nitrogen and oxygen atoms in total. The lowest BCUT2D eigenvalue weighted by Gasteiger charge is -2.34. The number of phenols is 1. The Kier molecular flexibility index (Phi) is 5.09. The summed E-state index contributed by atoms with van der Waals surface area (Å²) in [6.07, 6.45) is 1.76. The number of piperidine rings is 1. The van der Waals surface area contributed by atoms with Crippen molar-refractivity contribution in [2.75, 3.05) is 19.6 Å². The largest absolute Gasteiger partial charge is 0.508 e. The van der Waals surface area contributed by atoms with Crippen LogP contribution >= 0.6 is 0 Å². The van der Waals surface area contributed by atoms with Crippen molar-refractivity contribution >= 4 is 5.91 Å². The molecule has 2 aromatic rings. The molecule has 6 heteroatoms. The lowest BCUT2D eigenvalue weighted by Crippen LogP contribution is -2.43. The molecule has 142 valence electrons. The molecule has 2 aliphatic rings. The molecular formula is C21H24FN3O2. The molecule has 2 heterocycles. The molecule has 2 unspecified atom stereocenters. The Morgan fingerprint density at radius 3 is 2.56 bits per heavy atom. The number of halogens is 1. The van der Waals surface area contributed by atoms with Crippen molar-refractivity contribution in [2.24, 2.45) is 5.92 Å². The summed E-state index contributed by atoms with van der Waals surface area (Å²) in [4.78, 5) is 15.0. The molecule has 0 bridgehead atoms. The minimum atomic E-state index is -0.292. The van der Waals surface area contributed by atoms with Gasteiger partial charge in [0.05, 0.1) is 12.0 Å². The first-order valence-electron chi connectivity index (χ1n) is 9.43. The predicted octanol–water partition coefficient (Wildman–Crippen LogP) is 2.70. The van der Waals surface area contributed by atoms with Crippen LogP contribution in [0.25, 0.3) is 0 Å². The van der Waals surface area contributed by atoms with Gasteiger partial charge in [-0.15, -0.1) is 0 Å². The second kappa shape index (κ2) is 7.66. The van der Waals surface area contributed by atoms with E-state index < -0.39 is 0 Å². The van der Waals surface area contributed by atoms with E-state index in [-0.39, 0.29) is 29.4 Å². The fraction of sp³-hybridized carbons (Fsp3) is 0.381. The monoisotopic (exact) mass is 369 g/mol. The van der Waals surface area contributed by atoms with Crippen molar-refractivity contribution in [3.63, 3.8) is 0 Å². The summed E-state index contributed by atoms with van der Waals surface area (Å²) in [6.45, 7) is 1.93. The van der Waals surface area contributed by atoms with Gasteiger partial charge in [0.15, 0.2) is 0 Å². The van der Waals surface area contributed by atoms with Crippen molar-refractivity contribution in [3.05, 3.63) is 65.5 Å². The number of rotatable bonds is 3. The van der Waals surface area contributed by atoms with Crippen LogP contribution in [0, 0.1) is 11.7 Å². The topological polar surface area (TPSA) is 64.6 Å². The van der Waals surface area contributed by atoms with Gasteiger partial charge in [0.2, 0.25) is 5.91 Å². The quantitative estimate of drug-likeness (QED) is 0.778. The van der Waals surface area contributed by atoms with Crippen LogP contribution in [0.5, 0.6) is 5.75 Å². The summed E-state index contributed by atoms with van der Waals surface area (Å²) in [6, 6.07) is 13.6. The summed E-state index contributed by atoms with van der Waals surface area (Å²) < 4.78 is 13.6. The maximum Gasteiger partial charge on any atom is 0.229 e. The Bertz CT molecular complexity index is 821. The molecule has 0 aliphatic carbocycles. The number of phenolic OH excluding ortho intramolecular Hbond substituents is 1. The van der Waals surface area contributed by atoms with E-state index in [2.05, 4.69) is 10.9 Å². The van der Waals surface area contributed by atoms with Crippen molar-refractivity contribution in [1.29, 1.82) is 0 Å². The highest BCUT2D eigenvalue weighted by Crippen LogP contribution is 2.32. The Hall–Kier alpha value is -2.44. The Balaban J connectivity index is 1.41. The first-order chi connectivity index (χ1) is 13.1. The number of hydrogen-bond acceptors (Lipinski definition) is 4. The number of carbonyl (C=O) groups is 1. The average Bonchev–Trinajstić information content (AvgIpc) is 3.17. The first-order valence-corrected chi connectivity index (χ1v) is 9.43. The Morgan fingerprint density at radius 1 is 1.07 bits per heavy atom. The average molecular weight is 369 g/mol. The van der Waals surface area contributed by atoms with E-state index in [1.807, 2.05) is 29.2 Å². The third kappa shape index (κ3) is 3.82. The summed E-state index contributed by atoms with van der Waals surface area (Å²) in [5, 5.41) is 9.68. The zero-order valence-corrected chi connectivity index (χ0v) is 15.1. The number of aromatic hydroxyl groups is 1. The molecule has 2 aliphatic heterocycles. The van der Waals surface area contributed by atoms with Crippen LogP contribution in [-0.2, 0) is 4.79 Å². The molecule has 3 N–H and O–H groups in total. The van der Waals surface area contributed by atoms with Crippen LogP contribution in [0.15, 0.2) is 48.5 Å². The predicted molar refractivity (Wildman–Crippen MR) is 100 cm³/mol. The molecule has 1 amide bonds. The van der Waals surface area contributed by atoms with Gasteiger partial charge in [-0.05, 0) is 54.2 Å². The van der Waals surface area contributed by atoms with E-state index in [9.17, 15) is 14.3 Å². The molecule has 4 rings (SSSR count). The van der Waals surface area contributed by atoms with Gasteiger partial charge in [-0.3, -0.25) is 10.2 Å². The lowest BCUT2D eigenvalue weighted by molar-refractivity contribution is -0.136. The van der Waals surface area contributed by atoms with Gasteiger partial charge in [0, 0.05) is 19.6 Å². The zero-order chi connectivity index (χ0) is 18.8. The zero-order valence-electron chi connectivity index (χ0n) is 15.1. The molecule has 27 heavy (non-hydrogen) atoms. The fourth-order valence-electron chi connectivity index (χ4n) is 4.19. The van der Waals surface area contributed by atoms with E-state index in [4.69, 9.17) is 0 Å². The highest BCUT2D eigenvalue weighted by atomic mass is 19.1. The lowest BCUT2D eigenvalue weighted by atomic mass is 9.88. The van der Waals surface area contributed by atoms with E-state index in [1.165, 1.54) is 12.1 Å². The van der Waals surface area contributed by atoms with E-state index >= 15 is 0 Å². The number of nitrogens with one attached hydrogen (secondary N) is 2. The van der Waals surface area contributed by atoms with Crippen LogP contribution in [0.2, 0.25) is 0 Å². The van der Waals surface area contributed by atoms with Gasteiger partial charge in [0.1, 0.15) is 11.6 Å². The normalized spacial score (nSPS) is 23.5. The number of benzene rings is 2. The van der Waals surface area contributed by atoms with Gasteiger partial charge >= 0.3 is 0 Å². The molecule has 2 atom stereocenters. The van der Waals surface area contributed by atoms with Crippen molar-refractivity contribution in [3.8, 4) is 5.75 Å². The summed E-state index contributed by atoms with van der Waals surface area (Å²) in [5.41, 5.74) is 8.09. The summed E-state index contributed by atoms with van der Waals surface area (Å²) >= 11 is 0. The van der Waals surface area contributed by atoms with Crippen LogP contribution in [0.4, 0.5) is 4.39 Å². The van der Waals surface area contributed by atoms with Gasteiger partial charge < -0.3 is 10.0 Å². The molecule has 2 saturated heterocycles. The Morgan fingerprint density at radius 2 is 1.81 bits per heavy atom. The van der Waals surface area contributed by atoms with Crippen molar-refractivity contribution in [2.45, 2.75) is 24.8 Å². The first kappa shape index (κ1) is 17.9. The number of amides is 1. The highest BCUT2D eigenvalue weighted by Gasteiger charge is 2.37. The van der Waals surface area contributed by atoms with Crippen LogP contribution in [0.1, 0.15) is 35.9 Å². The number of nitrogens with zero attached hydrogens (tertiary/aromatic N) is 1. The van der Waals surface area contributed by atoms with Crippen LogP contribution in [-0.4, -0.2) is 35.5 Å². The van der Waals surface area contributed by atoms with Gasteiger partial charge in [-0.1, -0.05) is 24.3 Å². The van der Waals surface area contributed by atoms with Crippen molar-refractivity contribution < 1.29 is 14.3 Å². The van der Waals surface area contributed by atoms with Crippen LogP contribution < -0.4 is 10.9 Å². The van der Waals surface area contributed by atoms with E-state index in [1.54, 1.807) is 12.1 Å². The van der Waals surface area contributed by atoms with Crippen molar-refractivity contribution in [1.82, 2.24) is 15.8 Å². The number of likely N-dealkylation sites (tertiary alicyclic amines) is 1. The SMILES string of the molecule is O=C(C1CNNC1c1cccc(F)c1)N1CCC(c2cccc(O)c2)CC1. The third-order valence-electron chi connectivity index (χ3n) is 5.66. The molecule has 0 aromatic heterocycles. The van der Waals surface area contributed by atoms with Gasteiger partial charge in [0.25, 0.3) is 0 Å². The minimum absolute atomic E-state index is 0.108. The second-order valence-electron chi connectivity index (χ2n) is 7.36. The summed E-state index contributed by atoms with van der Waals surface area (Å²) in [5.74, 6) is 0.214. The van der Waals surface area contributed by atoms with Gasteiger partial charge in [-0.2, -0.15) is 0 Å². The maximum absolute atomic E-state index is 13.6. The molecule has 2 aromatic carbocycles. The summed E-state index contributed by atoms with van der Waals surface area (Å²) in [7, 11) is 0. The highest BCUT2D eigenvalue weighted by molar-refractivity contribution is 5.80. The number of hydrazine groups is 1. The molecular weight excluding hydrogens is 345 g/mol. The molecule has 0 saturated carbocycles. The molecule has 0 radical (unpaired) electrons. The number of carbonyl (C=O) groups excluding carboxylic acids is 1. The third-order valence-corrected chi connectivity index (χ3v) is 5.66. The van der Waals surface area contributed by atoms with Gasteiger partial charge in [-0.25, -0.2) is 9.82 Å². The standard InChI is InChI=1S/C21H24FN3O2/c22-17-5-1-4-16(11-17)20-19(13-23-24-20)21(27)25-9-7-14(8-10-25)15-3-2-6-18(26)12-15/h1-6,11-12,14,19-20,23-24,26H,7-10,13H2. The van der Waals surface area contributed by atoms with E-state index in [0.29, 0.717) is 25.6 Å². The maximum atomic E-state index is 13.6. The Labute approximate surface area is 158 Å². The number of hydrogen-bond donors (Lipinski definition) is 3. The fourth-order valence-corrected chi connectivity index (χ4v) is 4.19. The smallest absolute Gasteiger partial charge is 0.229 e.